The highest BCUT2D eigenvalue weighted by Crippen LogP contribution is 2.21. The minimum atomic E-state index is -0.251. The van der Waals surface area contributed by atoms with Crippen LogP contribution in [0.25, 0.3) is 0 Å². The normalized spacial score (nSPS) is 26.4. The summed E-state index contributed by atoms with van der Waals surface area (Å²) in [6.07, 6.45) is 2.25. The third-order valence-electron chi connectivity index (χ3n) is 2.63. The fourth-order valence-corrected chi connectivity index (χ4v) is 1.98. The Kier molecular flexibility index (Phi) is 3.02. The Bertz CT molecular complexity index is 323. The predicted molar refractivity (Wildman–Crippen MR) is 56.2 cm³/mol. The van der Waals surface area contributed by atoms with Crippen LogP contribution in [0.2, 0.25) is 0 Å². The van der Waals surface area contributed by atoms with Crippen molar-refractivity contribution in [3.63, 3.8) is 0 Å². The monoisotopic (exact) mass is 210 g/mol. The Labute approximate surface area is 89.5 Å². The first kappa shape index (κ1) is 10.6. The topological polar surface area (TPSA) is 63.0 Å². The van der Waals surface area contributed by atoms with Crippen molar-refractivity contribution in [2.75, 3.05) is 6.54 Å². The van der Waals surface area contributed by atoms with E-state index >= 15 is 0 Å². The van der Waals surface area contributed by atoms with Gasteiger partial charge in [-0.1, -0.05) is 13.8 Å². The minimum Gasteiger partial charge on any atom is -0.392 e. The van der Waals surface area contributed by atoms with Crippen molar-refractivity contribution < 1.29 is 5.11 Å². The summed E-state index contributed by atoms with van der Waals surface area (Å²) in [5.41, 5.74) is 0. The summed E-state index contributed by atoms with van der Waals surface area (Å²) in [4.78, 5) is 0. The summed E-state index contributed by atoms with van der Waals surface area (Å²) in [6, 6.07) is 0.154. The van der Waals surface area contributed by atoms with Gasteiger partial charge in [-0.25, -0.2) is 0 Å². The van der Waals surface area contributed by atoms with Crippen molar-refractivity contribution in [1.29, 1.82) is 0 Å². The van der Waals surface area contributed by atoms with E-state index < -0.39 is 0 Å². The highest BCUT2D eigenvalue weighted by molar-refractivity contribution is 4.99. The molecule has 0 aliphatic carbocycles. The average molecular weight is 210 g/mol. The minimum absolute atomic E-state index is 0.154. The van der Waals surface area contributed by atoms with E-state index in [2.05, 4.69) is 33.9 Å². The molecule has 1 unspecified atom stereocenters. The summed E-state index contributed by atoms with van der Waals surface area (Å²) < 4.78 is 2.07. The van der Waals surface area contributed by atoms with E-state index in [9.17, 15) is 5.11 Å². The molecule has 2 rings (SSSR count). The van der Waals surface area contributed by atoms with Crippen LogP contribution in [0.1, 0.15) is 32.1 Å². The van der Waals surface area contributed by atoms with Crippen molar-refractivity contribution in [3.05, 3.63) is 12.2 Å². The molecule has 0 bridgehead atoms. The second-order valence-corrected chi connectivity index (χ2v) is 4.59. The van der Waals surface area contributed by atoms with Gasteiger partial charge in [-0.2, -0.15) is 0 Å². The van der Waals surface area contributed by atoms with Crippen LogP contribution in [0.3, 0.4) is 0 Å². The molecule has 2 heterocycles. The van der Waals surface area contributed by atoms with E-state index in [1.54, 1.807) is 6.33 Å². The highest BCUT2D eigenvalue weighted by Gasteiger charge is 2.27. The largest absolute Gasteiger partial charge is 0.392 e. The van der Waals surface area contributed by atoms with E-state index in [1.165, 1.54) is 0 Å². The van der Waals surface area contributed by atoms with Crippen molar-refractivity contribution in [2.45, 2.75) is 39.0 Å². The maximum absolute atomic E-state index is 9.45. The van der Waals surface area contributed by atoms with Crippen LogP contribution < -0.4 is 5.32 Å². The summed E-state index contributed by atoms with van der Waals surface area (Å²) in [6.45, 7) is 5.91. The van der Waals surface area contributed by atoms with Gasteiger partial charge in [0.2, 0.25) is 0 Å². The molecule has 84 valence electrons. The third-order valence-corrected chi connectivity index (χ3v) is 2.63. The molecule has 1 saturated heterocycles. The summed E-state index contributed by atoms with van der Waals surface area (Å²) in [5.74, 6) is 1.52. The van der Waals surface area contributed by atoms with E-state index in [0.717, 1.165) is 18.8 Å². The highest BCUT2D eigenvalue weighted by atomic mass is 16.3. The molecule has 0 aromatic carbocycles. The van der Waals surface area contributed by atoms with Crippen molar-refractivity contribution in [1.82, 2.24) is 20.1 Å². The third kappa shape index (κ3) is 2.35. The quantitative estimate of drug-likeness (QED) is 0.754. The lowest BCUT2D eigenvalue weighted by Gasteiger charge is -2.13. The van der Waals surface area contributed by atoms with Gasteiger partial charge in [0.15, 0.2) is 0 Å². The molecule has 1 fully saturated rings. The molecule has 5 heteroatoms. The summed E-state index contributed by atoms with van der Waals surface area (Å²) in [7, 11) is 0. The van der Waals surface area contributed by atoms with Gasteiger partial charge in [0.1, 0.15) is 12.2 Å². The number of aliphatic hydroxyl groups is 1. The molecule has 2 atom stereocenters. The first-order valence-electron chi connectivity index (χ1n) is 5.46. The first-order chi connectivity index (χ1) is 7.16. The zero-order valence-electron chi connectivity index (χ0n) is 9.22. The molecule has 0 radical (unpaired) electrons. The molecular weight excluding hydrogens is 192 g/mol. The first-order valence-corrected chi connectivity index (χ1v) is 5.46. The lowest BCUT2D eigenvalue weighted by atomic mass is 10.2. The second-order valence-electron chi connectivity index (χ2n) is 4.59. The molecule has 15 heavy (non-hydrogen) atoms. The molecular formula is C10H18N4O. The summed E-state index contributed by atoms with van der Waals surface area (Å²) >= 11 is 0. The zero-order valence-corrected chi connectivity index (χ0v) is 9.22. The number of aromatic nitrogens is 3. The SMILES string of the molecule is CC(C)Cn1cnnc1[C@@H]1CC(O)CN1. The van der Waals surface area contributed by atoms with Gasteiger partial charge in [0.05, 0.1) is 12.1 Å². The molecule has 0 amide bonds. The van der Waals surface area contributed by atoms with Crippen LogP contribution in [0.5, 0.6) is 0 Å². The fourth-order valence-electron chi connectivity index (χ4n) is 1.98. The molecule has 1 aromatic heterocycles. The maximum Gasteiger partial charge on any atom is 0.150 e. The Hall–Kier alpha value is -0.940. The van der Waals surface area contributed by atoms with E-state index in [4.69, 9.17) is 0 Å². The number of nitrogens with zero attached hydrogens (tertiary/aromatic N) is 3. The summed E-state index contributed by atoms with van der Waals surface area (Å²) in [5, 5.41) is 20.8. The number of rotatable bonds is 3. The van der Waals surface area contributed by atoms with E-state index in [0.29, 0.717) is 12.5 Å². The zero-order chi connectivity index (χ0) is 10.8. The number of hydrogen-bond donors (Lipinski definition) is 2. The van der Waals surface area contributed by atoms with Gasteiger partial charge >= 0.3 is 0 Å². The Morgan fingerprint density at radius 2 is 2.47 bits per heavy atom. The molecule has 1 aromatic rings. The van der Waals surface area contributed by atoms with Gasteiger partial charge in [0.25, 0.3) is 0 Å². The molecule has 5 nitrogen and oxygen atoms in total. The molecule has 2 N–H and O–H groups in total. The fraction of sp³-hybridized carbons (Fsp3) is 0.800. The second kappa shape index (κ2) is 4.28. The van der Waals surface area contributed by atoms with Crippen molar-refractivity contribution in [2.24, 2.45) is 5.92 Å². The van der Waals surface area contributed by atoms with Gasteiger partial charge in [-0.15, -0.1) is 10.2 Å². The average Bonchev–Trinajstić information content (AvgIpc) is 2.72. The Morgan fingerprint density at radius 1 is 1.67 bits per heavy atom. The number of nitrogens with one attached hydrogen (secondary N) is 1. The smallest absolute Gasteiger partial charge is 0.150 e. The van der Waals surface area contributed by atoms with Crippen molar-refractivity contribution >= 4 is 0 Å². The van der Waals surface area contributed by atoms with Gasteiger partial charge in [0, 0.05) is 13.1 Å². The Morgan fingerprint density at radius 3 is 3.07 bits per heavy atom. The van der Waals surface area contributed by atoms with Crippen LogP contribution in [0.4, 0.5) is 0 Å². The predicted octanol–water partition coefficient (Wildman–Crippen LogP) is 0.329. The van der Waals surface area contributed by atoms with Gasteiger partial charge < -0.3 is 15.0 Å². The lowest BCUT2D eigenvalue weighted by Crippen LogP contribution is -2.19. The van der Waals surface area contributed by atoms with Gasteiger partial charge in [-0.05, 0) is 12.3 Å². The standard InChI is InChI=1S/C10H18N4O/c1-7(2)5-14-6-12-13-10(14)9-3-8(15)4-11-9/h6-9,11,15H,3-5H2,1-2H3/t8?,9-/m0/s1. The molecule has 1 aliphatic rings. The number of hydrogen-bond acceptors (Lipinski definition) is 4. The van der Waals surface area contributed by atoms with Crippen LogP contribution in [-0.4, -0.2) is 32.5 Å². The molecule has 0 spiro atoms. The van der Waals surface area contributed by atoms with Crippen LogP contribution in [0.15, 0.2) is 6.33 Å². The lowest BCUT2D eigenvalue weighted by molar-refractivity contribution is 0.192. The van der Waals surface area contributed by atoms with Crippen LogP contribution >= 0.6 is 0 Å². The van der Waals surface area contributed by atoms with Crippen LogP contribution in [0, 0.1) is 5.92 Å². The van der Waals surface area contributed by atoms with E-state index in [1.807, 2.05) is 0 Å². The van der Waals surface area contributed by atoms with E-state index in [-0.39, 0.29) is 12.1 Å². The number of aliphatic hydroxyl groups excluding tert-OH is 1. The molecule has 1 aliphatic heterocycles. The van der Waals surface area contributed by atoms with Crippen LogP contribution in [-0.2, 0) is 6.54 Å². The Balaban J connectivity index is 2.10. The maximum atomic E-state index is 9.45. The van der Waals surface area contributed by atoms with Gasteiger partial charge in [-0.3, -0.25) is 0 Å². The number of β-amino-alcohol motifs (C(OH)–C–C–N with tert-alkyl or cyclic N) is 1. The molecule has 0 saturated carbocycles. The van der Waals surface area contributed by atoms with Crippen molar-refractivity contribution in [3.8, 4) is 0 Å².